The molecule has 0 aromatic carbocycles. The molecule has 14 heavy (non-hydrogen) atoms. The summed E-state index contributed by atoms with van der Waals surface area (Å²) < 4.78 is 5.15. The van der Waals surface area contributed by atoms with Gasteiger partial charge in [0.2, 0.25) is 5.89 Å². The predicted molar refractivity (Wildman–Crippen MR) is 48.9 cm³/mol. The predicted octanol–water partition coefficient (Wildman–Crippen LogP) is 1.96. The van der Waals surface area contributed by atoms with Crippen molar-refractivity contribution in [1.29, 1.82) is 0 Å². The van der Waals surface area contributed by atoms with Crippen LogP contribution in [-0.4, -0.2) is 16.1 Å². The van der Waals surface area contributed by atoms with Crippen LogP contribution in [0, 0.1) is 0 Å². The Morgan fingerprint density at radius 2 is 2.14 bits per heavy atom. The van der Waals surface area contributed by atoms with Crippen molar-refractivity contribution in [3.63, 3.8) is 0 Å². The van der Waals surface area contributed by atoms with Gasteiger partial charge in [-0.1, -0.05) is 19.3 Å². The van der Waals surface area contributed by atoms with E-state index in [1.54, 1.807) is 0 Å². The van der Waals surface area contributed by atoms with Crippen LogP contribution in [0.5, 0.6) is 0 Å². The maximum absolute atomic E-state index is 11.3. The number of carboxylic acid groups (broad SMARTS) is 1. The van der Waals surface area contributed by atoms with Crippen LogP contribution in [0.2, 0.25) is 0 Å². The molecule has 0 atom stereocenters. The van der Waals surface area contributed by atoms with Gasteiger partial charge in [-0.2, -0.15) is 0 Å². The average Bonchev–Trinajstić information content (AvgIpc) is 2.72. The quantitative estimate of drug-likeness (QED) is 0.783. The summed E-state index contributed by atoms with van der Waals surface area (Å²) in [5.41, 5.74) is -0.859. The SMILES string of the molecule is O=C(O)C1(c2ncco2)CCCCC1. The van der Waals surface area contributed by atoms with E-state index >= 15 is 0 Å². The van der Waals surface area contributed by atoms with Gasteiger partial charge in [-0.3, -0.25) is 4.79 Å². The first-order chi connectivity index (χ1) is 6.76. The highest BCUT2D eigenvalue weighted by atomic mass is 16.4. The molecule has 1 aliphatic rings. The molecule has 0 bridgehead atoms. The number of nitrogens with zero attached hydrogens (tertiary/aromatic N) is 1. The van der Waals surface area contributed by atoms with Crippen molar-refractivity contribution in [3.05, 3.63) is 18.4 Å². The van der Waals surface area contributed by atoms with Crippen molar-refractivity contribution in [1.82, 2.24) is 4.98 Å². The van der Waals surface area contributed by atoms with Crippen molar-refractivity contribution in [2.45, 2.75) is 37.5 Å². The van der Waals surface area contributed by atoms with Gasteiger partial charge in [0.15, 0.2) is 0 Å². The van der Waals surface area contributed by atoms with Crippen molar-refractivity contribution < 1.29 is 14.3 Å². The first kappa shape index (κ1) is 9.24. The van der Waals surface area contributed by atoms with E-state index in [1.807, 2.05) is 0 Å². The van der Waals surface area contributed by atoms with Gasteiger partial charge in [0, 0.05) is 0 Å². The fourth-order valence-corrected chi connectivity index (χ4v) is 2.13. The number of hydrogen-bond acceptors (Lipinski definition) is 3. The van der Waals surface area contributed by atoms with Gasteiger partial charge >= 0.3 is 5.97 Å². The lowest BCUT2D eigenvalue weighted by atomic mass is 9.74. The number of rotatable bonds is 2. The Morgan fingerprint density at radius 3 is 2.64 bits per heavy atom. The zero-order valence-electron chi connectivity index (χ0n) is 7.90. The Labute approximate surface area is 81.9 Å². The maximum Gasteiger partial charge on any atom is 0.319 e. The van der Waals surface area contributed by atoms with Gasteiger partial charge in [-0.15, -0.1) is 0 Å². The Morgan fingerprint density at radius 1 is 1.43 bits per heavy atom. The van der Waals surface area contributed by atoms with E-state index in [-0.39, 0.29) is 0 Å². The molecule has 1 aromatic heterocycles. The van der Waals surface area contributed by atoms with Crippen molar-refractivity contribution in [2.75, 3.05) is 0 Å². The fourth-order valence-electron chi connectivity index (χ4n) is 2.13. The molecule has 1 aromatic rings. The van der Waals surface area contributed by atoms with Crippen LogP contribution in [0.4, 0.5) is 0 Å². The third kappa shape index (κ3) is 1.31. The van der Waals surface area contributed by atoms with Gasteiger partial charge < -0.3 is 9.52 Å². The molecule has 0 spiro atoms. The lowest BCUT2D eigenvalue weighted by Crippen LogP contribution is -2.38. The van der Waals surface area contributed by atoms with Crippen molar-refractivity contribution in [2.24, 2.45) is 0 Å². The Balaban J connectivity index is 2.35. The molecule has 4 heteroatoms. The number of carboxylic acids is 1. The highest BCUT2D eigenvalue weighted by Crippen LogP contribution is 2.38. The van der Waals surface area contributed by atoms with Crippen LogP contribution in [0.25, 0.3) is 0 Å². The molecule has 0 unspecified atom stereocenters. The number of aliphatic carboxylic acids is 1. The number of hydrogen-bond donors (Lipinski definition) is 1. The monoisotopic (exact) mass is 195 g/mol. The molecule has 1 N–H and O–H groups in total. The highest BCUT2D eigenvalue weighted by Gasteiger charge is 2.45. The molecule has 76 valence electrons. The smallest absolute Gasteiger partial charge is 0.319 e. The van der Waals surface area contributed by atoms with E-state index < -0.39 is 11.4 Å². The molecule has 0 amide bonds. The van der Waals surface area contributed by atoms with Crippen LogP contribution in [0.3, 0.4) is 0 Å². The highest BCUT2D eigenvalue weighted by molar-refractivity contribution is 5.79. The molecule has 1 fully saturated rings. The maximum atomic E-state index is 11.3. The summed E-state index contributed by atoms with van der Waals surface area (Å²) in [6.07, 6.45) is 7.22. The second-order valence-corrected chi connectivity index (χ2v) is 3.79. The minimum atomic E-state index is -0.859. The molecular formula is C10H13NO3. The lowest BCUT2D eigenvalue weighted by molar-refractivity contribution is -0.146. The zero-order valence-corrected chi connectivity index (χ0v) is 7.90. The van der Waals surface area contributed by atoms with Gasteiger partial charge in [0.25, 0.3) is 0 Å². The zero-order chi connectivity index (χ0) is 10.0. The van der Waals surface area contributed by atoms with Crippen LogP contribution >= 0.6 is 0 Å². The van der Waals surface area contributed by atoms with Gasteiger partial charge in [-0.05, 0) is 12.8 Å². The molecule has 2 rings (SSSR count). The van der Waals surface area contributed by atoms with Crippen LogP contribution < -0.4 is 0 Å². The molecule has 1 aliphatic carbocycles. The van der Waals surface area contributed by atoms with Crippen molar-refractivity contribution in [3.8, 4) is 0 Å². The second kappa shape index (κ2) is 3.44. The summed E-state index contributed by atoms with van der Waals surface area (Å²) in [6.45, 7) is 0. The fraction of sp³-hybridized carbons (Fsp3) is 0.600. The number of carbonyl (C=O) groups is 1. The molecule has 0 saturated heterocycles. The summed E-state index contributed by atoms with van der Waals surface area (Å²) in [5.74, 6) is -0.440. The summed E-state index contributed by atoms with van der Waals surface area (Å²) in [5, 5.41) is 9.26. The second-order valence-electron chi connectivity index (χ2n) is 3.79. The third-order valence-electron chi connectivity index (χ3n) is 2.96. The Hall–Kier alpha value is -1.32. The first-order valence-electron chi connectivity index (χ1n) is 4.89. The van der Waals surface area contributed by atoms with Gasteiger partial charge in [0.1, 0.15) is 11.7 Å². The normalized spacial score (nSPS) is 20.6. The summed E-state index contributed by atoms with van der Waals surface area (Å²) in [6, 6.07) is 0. The summed E-state index contributed by atoms with van der Waals surface area (Å²) in [4.78, 5) is 15.3. The summed E-state index contributed by atoms with van der Waals surface area (Å²) >= 11 is 0. The lowest BCUT2D eigenvalue weighted by Gasteiger charge is -2.29. The van der Waals surface area contributed by atoms with Gasteiger partial charge in [0.05, 0.1) is 6.20 Å². The molecular weight excluding hydrogens is 182 g/mol. The van der Waals surface area contributed by atoms with Crippen LogP contribution in [0.15, 0.2) is 16.9 Å². The van der Waals surface area contributed by atoms with E-state index in [1.165, 1.54) is 12.5 Å². The van der Waals surface area contributed by atoms with E-state index in [9.17, 15) is 9.90 Å². The van der Waals surface area contributed by atoms with Gasteiger partial charge in [-0.25, -0.2) is 4.98 Å². The molecule has 0 aliphatic heterocycles. The minimum Gasteiger partial charge on any atom is -0.480 e. The first-order valence-corrected chi connectivity index (χ1v) is 4.89. The molecule has 1 heterocycles. The standard InChI is InChI=1S/C10H13NO3/c12-9(13)10(4-2-1-3-5-10)8-11-6-7-14-8/h6-7H,1-5H2,(H,12,13). The largest absolute Gasteiger partial charge is 0.480 e. The Kier molecular flexibility index (Phi) is 2.27. The van der Waals surface area contributed by atoms with E-state index in [4.69, 9.17) is 4.42 Å². The third-order valence-corrected chi connectivity index (χ3v) is 2.96. The molecule has 0 radical (unpaired) electrons. The van der Waals surface area contributed by atoms with Crippen LogP contribution in [0.1, 0.15) is 38.0 Å². The van der Waals surface area contributed by atoms with Crippen molar-refractivity contribution >= 4 is 5.97 Å². The average molecular weight is 195 g/mol. The number of oxazole rings is 1. The molecule has 1 saturated carbocycles. The minimum absolute atomic E-state index is 0.365. The Bertz CT molecular complexity index is 312. The van der Waals surface area contributed by atoms with E-state index in [0.29, 0.717) is 18.7 Å². The topological polar surface area (TPSA) is 63.3 Å². The van der Waals surface area contributed by atoms with Crippen LogP contribution in [-0.2, 0) is 10.2 Å². The van der Waals surface area contributed by atoms with E-state index in [2.05, 4.69) is 4.98 Å². The number of aromatic nitrogens is 1. The molecule has 4 nitrogen and oxygen atoms in total. The van der Waals surface area contributed by atoms with E-state index in [0.717, 1.165) is 19.3 Å². The summed E-state index contributed by atoms with van der Waals surface area (Å²) in [7, 11) is 0.